The molecule has 0 aromatic heterocycles. The number of methoxy groups -OCH3 is 1. The molecule has 0 radical (unpaired) electrons. The van der Waals surface area contributed by atoms with Crippen LogP contribution in [0, 0.1) is 0 Å². The van der Waals surface area contributed by atoms with Gasteiger partial charge >= 0.3 is 5.97 Å². The van der Waals surface area contributed by atoms with Gasteiger partial charge in [0.05, 0.1) is 6.04 Å². The maximum atomic E-state index is 12.3. The van der Waals surface area contributed by atoms with Crippen molar-refractivity contribution in [2.45, 2.75) is 12.1 Å². The third-order valence-electron chi connectivity index (χ3n) is 3.28. The highest BCUT2D eigenvalue weighted by atomic mass is 16.5. The van der Waals surface area contributed by atoms with Crippen LogP contribution in [-0.4, -0.2) is 30.2 Å². The molecule has 2 N–H and O–H groups in total. The Morgan fingerprint density at radius 1 is 1.00 bits per heavy atom. The number of amides is 1. The van der Waals surface area contributed by atoms with Crippen LogP contribution < -0.4 is 5.32 Å². The van der Waals surface area contributed by atoms with Crippen molar-refractivity contribution in [3.05, 3.63) is 71.8 Å². The molecule has 0 aliphatic rings. The second-order valence-electron chi connectivity index (χ2n) is 4.72. The molecule has 5 nitrogen and oxygen atoms in total. The van der Waals surface area contributed by atoms with Gasteiger partial charge in [-0.2, -0.15) is 0 Å². The Labute approximate surface area is 128 Å². The van der Waals surface area contributed by atoms with E-state index in [0.29, 0.717) is 11.1 Å². The summed E-state index contributed by atoms with van der Waals surface area (Å²) in [5.74, 6) is -1.48. The summed E-state index contributed by atoms with van der Waals surface area (Å²) in [4.78, 5) is 23.7. The molecule has 0 aliphatic heterocycles. The highest BCUT2D eigenvalue weighted by molar-refractivity contribution is 5.94. The topological polar surface area (TPSA) is 75.6 Å². The first kappa shape index (κ1) is 15.7. The first-order chi connectivity index (χ1) is 10.6. The van der Waals surface area contributed by atoms with Crippen molar-refractivity contribution < 1.29 is 19.4 Å². The molecule has 0 bridgehead atoms. The van der Waals surface area contributed by atoms with Crippen molar-refractivity contribution in [3.63, 3.8) is 0 Å². The van der Waals surface area contributed by atoms with E-state index in [1.807, 2.05) is 6.07 Å². The van der Waals surface area contributed by atoms with E-state index in [0.717, 1.165) is 0 Å². The molecular formula is C17H17NO4. The number of carboxylic acids is 1. The highest BCUT2D eigenvalue weighted by Crippen LogP contribution is 2.20. The van der Waals surface area contributed by atoms with E-state index in [-0.39, 0.29) is 5.91 Å². The molecule has 0 saturated heterocycles. The molecule has 0 heterocycles. The molecule has 0 spiro atoms. The number of carbonyl (C=O) groups is 2. The lowest BCUT2D eigenvalue weighted by molar-refractivity contribution is -0.150. The fourth-order valence-electron chi connectivity index (χ4n) is 2.19. The van der Waals surface area contributed by atoms with Crippen LogP contribution in [0.25, 0.3) is 0 Å². The van der Waals surface area contributed by atoms with Gasteiger partial charge in [0, 0.05) is 12.7 Å². The number of carbonyl (C=O) groups excluding carboxylic acids is 1. The minimum Gasteiger partial charge on any atom is -0.479 e. The van der Waals surface area contributed by atoms with E-state index in [1.54, 1.807) is 54.6 Å². The van der Waals surface area contributed by atoms with Gasteiger partial charge < -0.3 is 15.2 Å². The monoisotopic (exact) mass is 299 g/mol. The Kier molecular flexibility index (Phi) is 5.27. The van der Waals surface area contributed by atoms with Gasteiger partial charge in [-0.1, -0.05) is 48.5 Å². The SMILES string of the molecule is CO[C@@H](C(=O)O)[C@@H](NC(=O)c1ccccc1)c1ccccc1. The molecule has 0 fully saturated rings. The van der Waals surface area contributed by atoms with E-state index in [9.17, 15) is 14.7 Å². The van der Waals surface area contributed by atoms with Gasteiger partial charge in [-0.25, -0.2) is 4.79 Å². The summed E-state index contributed by atoms with van der Waals surface area (Å²) in [5, 5.41) is 12.0. The van der Waals surface area contributed by atoms with E-state index < -0.39 is 18.1 Å². The molecule has 0 unspecified atom stereocenters. The second kappa shape index (κ2) is 7.38. The van der Waals surface area contributed by atoms with Gasteiger partial charge in [-0.15, -0.1) is 0 Å². The molecule has 1 amide bonds. The molecule has 22 heavy (non-hydrogen) atoms. The summed E-state index contributed by atoms with van der Waals surface area (Å²) < 4.78 is 5.05. The number of aliphatic carboxylic acids is 1. The van der Waals surface area contributed by atoms with Crippen LogP contribution in [0.3, 0.4) is 0 Å². The van der Waals surface area contributed by atoms with Gasteiger partial charge in [0.2, 0.25) is 0 Å². The van der Waals surface area contributed by atoms with Gasteiger partial charge in [-0.05, 0) is 17.7 Å². The minimum atomic E-state index is -1.17. The molecule has 0 aliphatic carbocycles. The highest BCUT2D eigenvalue weighted by Gasteiger charge is 2.31. The molecule has 114 valence electrons. The number of hydrogen-bond acceptors (Lipinski definition) is 3. The molecule has 2 rings (SSSR count). The van der Waals surface area contributed by atoms with Crippen LogP contribution in [0.1, 0.15) is 22.0 Å². The molecule has 2 aromatic carbocycles. The zero-order valence-electron chi connectivity index (χ0n) is 12.1. The first-order valence-corrected chi connectivity index (χ1v) is 6.80. The second-order valence-corrected chi connectivity index (χ2v) is 4.72. The van der Waals surface area contributed by atoms with Crippen LogP contribution in [0.15, 0.2) is 60.7 Å². The number of nitrogens with one attached hydrogen (secondary N) is 1. The summed E-state index contributed by atoms with van der Waals surface area (Å²) >= 11 is 0. The average molecular weight is 299 g/mol. The van der Waals surface area contributed by atoms with Crippen molar-refractivity contribution in [2.24, 2.45) is 0 Å². The van der Waals surface area contributed by atoms with Crippen molar-refractivity contribution in [1.82, 2.24) is 5.32 Å². The Bertz CT molecular complexity index is 628. The quantitative estimate of drug-likeness (QED) is 0.858. The summed E-state index contributed by atoms with van der Waals surface area (Å²) in [5.41, 5.74) is 1.13. The third-order valence-corrected chi connectivity index (χ3v) is 3.28. The van der Waals surface area contributed by atoms with E-state index >= 15 is 0 Å². The Balaban J connectivity index is 2.29. The predicted octanol–water partition coefficient (Wildman–Crippen LogP) is 2.26. The van der Waals surface area contributed by atoms with Gasteiger partial charge in [0.15, 0.2) is 6.10 Å². The molecule has 2 aromatic rings. The Morgan fingerprint density at radius 3 is 2.05 bits per heavy atom. The Hall–Kier alpha value is -2.66. The summed E-state index contributed by atoms with van der Waals surface area (Å²) in [6, 6.07) is 16.8. The third kappa shape index (κ3) is 3.71. The lowest BCUT2D eigenvalue weighted by Crippen LogP contribution is -2.41. The minimum absolute atomic E-state index is 0.349. The van der Waals surface area contributed by atoms with Gasteiger partial charge in [-0.3, -0.25) is 4.79 Å². The summed E-state index contributed by atoms with van der Waals surface area (Å²) in [6.45, 7) is 0. The standard InChI is InChI=1S/C17H17NO4/c1-22-15(17(20)21)14(12-8-4-2-5-9-12)18-16(19)13-10-6-3-7-11-13/h2-11,14-15H,1H3,(H,18,19)(H,20,21)/t14-,15+/m0/s1. The maximum absolute atomic E-state index is 12.3. The normalized spacial score (nSPS) is 13.1. The average Bonchev–Trinajstić information content (AvgIpc) is 2.55. The van der Waals surface area contributed by atoms with Crippen LogP contribution in [0.2, 0.25) is 0 Å². The lowest BCUT2D eigenvalue weighted by atomic mass is 10.0. The Morgan fingerprint density at radius 2 is 1.55 bits per heavy atom. The lowest BCUT2D eigenvalue weighted by Gasteiger charge is -2.24. The molecule has 0 saturated carbocycles. The van der Waals surface area contributed by atoms with Crippen LogP contribution in [0.4, 0.5) is 0 Å². The van der Waals surface area contributed by atoms with Crippen molar-refractivity contribution in [1.29, 1.82) is 0 Å². The molecular weight excluding hydrogens is 282 g/mol. The van der Waals surface area contributed by atoms with Crippen LogP contribution in [0.5, 0.6) is 0 Å². The fraction of sp³-hybridized carbons (Fsp3) is 0.176. The van der Waals surface area contributed by atoms with E-state index in [1.165, 1.54) is 7.11 Å². The smallest absolute Gasteiger partial charge is 0.335 e. The first-order valence-electron chi connectivity index (χ1n) is 6.80. The number of ether oxygens (including phenoxy) is 1. The maximum Gasteiger partial charge on any atom is 0.335 e. The van der Waals surface area contributed by atoms with Crippen LogP contribution >= 0.6 is 0 Å². The fourth-order valence-corrected chi connectivity index (χ4v) is 2.19. The number of benzene rings is 2. The summed E-state index contributed by atoms with van der Waals surface area (Å²) in [7, 11) is 1.31. The van der Waals surface area contributed by atoms with Crippen molar-refractivity contribution >= 4 is 11.9 Å². The zero-order chi connectivity index (χ0) is 15.9. The number of hydrogen-bond donors (Lipinski definition) is 2. The van der Waals surface area contributed by atoms with E-state index in [4.69, 9.17) is 4.74 Å². The number of rotatable bonds is 6. The van der Waals surface area contributed by atoms with E-state index in [2.05, 4.69) is 5.32 Å². The van der Waals surface area contributed by atoms with Gasteiger partial charge in [0.25, 0.3) is 5.91 Å². The predicted molar refractivity (Wildman–Crippen MR) is 81.5 cm³/mol. The zero-order valence-corrected chi connectivity index (χ0v) is 12.1. The van der Waals surface area contributed by atoms with Crippen molar-refractivity contribution in [3.8, 4) is 0 Å². The molecule has 5 heteroatoms. The van der Waals surface area contributed by atoms with Gasteiger partial charge in [0.1, 0.15) is 0 Å². The summed E-state index contributed by atoms with van der Waals surface area (Å²) in [6.07, 6.45) is -1.17. The molecule has 2 atom stereocenters. The van der Waals surface area contributed by atoms with Crippen LogP contribution in [-0.2, 0) is 9.53 Å². The van der Waals surface area contributed by atoms with Crippen molar-refractivity contribution in [2.75, 3.05) is 7.11 Å². The largest absolute Gasteiger partial charge is 0.479 e. The number of carboxylic acid groups (broad SMARTS) is 1.